The normalized spacial score (nSPS) is 20.1. The van der Waals surface area contributed by atoms with Gasteiger partial charge in [0.2, 0.25) is 0 Å². The van der Waals surface area contributed by atoms with Crippen LogP contribution in [0.2, 0.25) is 0 Å². The Morgan fingerprint density at radius 2 is 1.93 bits per heavy atom. The molecule has 4 rings (SSSR count). The minimum absolute atomic E-state index is 0.176. The van der Waals surface area contributed by atoms with Gasteiger partial charge in [0.1, 0.15) is 0 Å². The van der Waals surface area contributed by atoms with Crippen LogP contribution in [-0.2, 0) is 6.18 Å². The van der Waals surface area contributed by atoms with E-state index in [9.17, 15) is 13.2 Å². The molecule has 1 aromatic carbocycles. The molecule has 0 spiro atoms. The van der Waals surface area contributed by atoms with Crippen LogP contribution in [0.3, 0.4) is 0 Å². The number of pyridine rings is 1. The molecule has 0 saturated carbocycles. The number of hydrogen-bond acceptors (Lipinski definition) is 3. The van der Waals surface area contributed by atoms with Gasteiger partial charge >= 0.3 is 6.18 Å². The lowest BCUT2D eigenvalue weighted by atomic mass is 9.90. The summed E-state index contributed by atoms with van der Waals surface area (Å²) < 4.78 is 42.1. The molecule has 1 fully saturated rings. The molecular formula is C20H19F3N4. The van der Waals surface area contributed by atoms with Crippen molar-refractivity contribution in [3.63, 3.8) is 0 Å². The van der Waals surface area contributed by atoms with Crippen LogP contribution in [0, 0.1) is 6.92 Å². The second kappa shape index (κ2) is 6.81. The molecule has 140 valence electrons. The predicted molar refractivity (Wildman–Crippen MR) is 96.3 cm³/mol. The fraction of sp³-hybridized carbons (Fsp3) is 0.300. The summed E-state index contributed by atoms with van der Waals surface area (Å²) in [7, 11) is 0. The summed E-state index contributed by atoms with van der Waals surface area (Å²) >= 11 is 0. The highest BCUT2D eigenvalue weighted by atomic mass is 19.4. The topological polar surface area (TPSA) is 42.7 Å². The summed E-state index contributed by atoms with van der Waals surface area (Å²) in [5, 5.41) is 7.86. The van der Waals surface area contributed by atoms with Gasteiger partial charge in [0.25, 0.3) is 0 Å². The molecule has 0 bridgehead atoms. The number of hydrogen-bond donors (Lipinski definition) is 1. The molecule has 0 radical (unpaired) electrons. The van der Waals surface area contributed by atoms with Crippen LogP contribution in [0.15, 0.2) is 54.9 Å². The van der Waals surface area contributed by atoms with Crippen molar-refractivity contribution in [3.8, 4) is 11.3 Å². The molecule has 3 aromatic rings. The quantitative estimate of drug-likeness (QED) is 0.749. The van der Waals surface area contributed by atoms with Gasteiger partial charge in [-0.2, -0.15) is 18.3 Å². The number of benzene rings is 1. The van der Waals surface area contributed by atoms with Crippen LogP contribution in [0.4, 0.5) is 13.2 Å². The van der Waals surface area contributed by atoms with Crippen molar-refractivity contribution in [3.05, 3.63) is 71.7 Å². The third-order valence-electron chi connectivity index (χ3n) is 4.99. The summed E-state index contributed by atoms with van der Waals surface area (Å²) in [4.78, 5) is 4.18. The lowest BCUT2D eigenvalue weighted by molar-refractivity contribution is -0.138. The summed E-state index contributed by atoms with van der Waals surface area (Å²) in [6.07, 6.45) is -0.803. The number of alkyl halides is 3. The number of aryl methyl sites for hydroxylation is 1. The van der Waals surface area contributed by atoms with Gasteiger partial charge in [-0.25, -0.2) is 0 Å². The molecule has 7 heteroatoms. The van der Waals surface area contributed by atoms with Gasteiger partial charge in [-0.15, -0.1) is 0 Å². The maximum Gasteiger partial charge on any atom is 0.416 e. The SMILES string of the molecule is Cc1cc(-c2ccn([C@@H]3CNC[C@H]3c3ccccc3C(F)(F)F)n2)ccn1. The third-order valence-corrected chi connectivity index (χ3v) is 4.99. The van der Waals surface area contributed by atoms with Crippen molar-refractivity contribution in [1.82, 2.24) is 20.1 Å². The fourth-order valence-corrected chi connectivity index (χ4v) is 3.72. The monoisotopic (exact) mass is 372 g/mol. The zero-order chi connectivity index (χ0) is 19.0. The maximum atomic E-state index is 13.4. The van der Waals surface area contributed by atoms with E-state index in [0.717, 1.165) is 23.0 Å². The molecule has 1 saturated heterocycles. The van der Waals surface area contributed by atoms with Gasteiger partial charge in [0.15, 0.2) is 0 Å². The first-order valence-corrected chi connectivity index (χ1v) is 8.78. The van der Waals surface area contributed by atoms with E-state index in [0.29, 0.717) is 18.7 Å². The Balaban J connectivity index is 1.68. The van der Waals surface area contributed by atoms with Crippen LogP contribution in [0.25, 0.3) is 11.3 Å². The Hall–Kier alpha value is -2.67. The number of nitrogens with zero attached hydrogens (tertiary/aromatic N) is 3. The molecule has 3 heterocycles. The van der Waals surface area contributed by atoms with E-state index >= 15 is 0 Å². The standard InChI is InChI=1S/C20H19F3N4/c1-13-10-14(6-8-25-13)18-7-9-27(26-18)19-12-24-11-16(19)15-4-2-3-5-17(15)20(21,22)23/h2-10,16,19,24H,11-12H2,1H3/t16-,19+/m0/s1. The van der Waals surface area contributed by atoms with Crippen LogP contribution < -0.4 is 5.32 Å². The Kier molecular flexibility index (Phi) is 4.47. The molecule has 1 N–H and O–H groups in total. The Morgan fingerprint density at radius 1 is 1.11 bits per heavy atom. The Morgan fingerprint density at radius 3 is 2.70 bits per heavy atom. The smallest absolute Gasteiger partial charge is 0.314 e. The van der Waals surface area contributed by atoms with E-state index in [-0.39, 0.29) is 12.0 Å². The van der Waals surface area contributed by atoms with Crippen LogP contribution in [0.1, 0.15) is 28.8 Å². The minimum Gasteiger partial charge on any atom is -0.314 e. The summed E-state index contributed by atoms with van der Waals surface area (Å²) in [6.45, 7) is 2.97. The summed E-state index contributed by atoms with van der Waals surface area (Å²) in [6, 6.07) is 11.3. The second-order valence-electron chi connectivity index (χ2n) is 6.78. The average Bonchev–Trinajstić information content (AvgIpc) is 3.30. The van der Waals surface area contributed by atoms with Crippen molar-refractivity contribution < 1.29 is 13.2 Å². The molecule has 0 aliphatic carbocycles. The third kappa shape index (κ3) is 3.47. The van der Waals surface area contributed by atoms with Gasteiger partial charge in [-0.3, -0.25) is 9.67 Å². The molecule has 0 unspecified atom stereocenters. The second-order valence-corrected chi connectivity index (χ2v) is 6.78. The molecule has 2 atom stereocenters. The Labute approximate surface area is 155 Å². The van der Waals surface area contributed by atoms with Crippen molar-refractivity contribution in [2.24, 2.45) is 0 Å². The highest BCUT2D eigenvalue weighted by Gasteiger charge is 2.39. The van der Waals surface area contributed by atoms with Gasteiger partial charge < -0.3 is 5.32 Å². The van der Waals surface area contributed by atoms with E-state index in [4.69, 9.17) is 0 Å². The molecule has 0 amide bonds. The lowest BCUT2D eigenvalue weighted by Crippen LogP contribution is -2.20. The maximum absolute atomic E-state index is 13.4. The van der Waals surface area contributed by atoms with E-state index in [1.807, 2.05) is 31.3 Å². The zero-order valence-electron chi connectivity index (χ0n) is 14.7. The predicted octanol–water partition coefficient (Wildman–Crippen LogP) is 4.20. The van der Waals surface area contributed by atoms with E-state index in [1.54, 1.807) is 23.0 Å². The van der Waals surface area contributed by atoms with Gasteiger partial charge in [-0.1, -0.05) is 18.2 Å². The number of nitrogens with one attached hydrogen (secondary N) is 1. The van der Waals surface area contributed by atoms with Gasteiger partial charge in [0, 0.05) is 42.7 Å². The highest BCUT2D eigenvalue weighted by molar-refractivity contribution is 5.58. The fourth-order valence-electron chi connectivity index (χ4n) is 3.72. The summed E-state index contributed by atoms with van der Waals surface area (Å²) in [5.41, 5.74) is 2.37. The first-order chi connectivity index (χ1) is 12.9. The number of rotatable bonds is 3. The molecule has 2 aromatic heterocycles. The van der Waals surface area contributed by atoms with Crippen molar-refractivity contribution in [2.45, 2.75) is 25.1 Å². The average molecular weight is 372 g/mol. The van der Waals surface area contributed by atoms with Gasteiger partial charge in [-0.05, 0) is 36.8 Å². The van der Waals surface area contributed by atoms with Crippen molar-refractivity contribution >= 4 is 0 Å². The molecule has 27 heavy (non-hydrogen) atoms. The van der Waals surface area contributed by atoms with Crippen LogP contribution in [-0.4, -0.2) is 27.9 Å². The van der Waals surface area contributed by atoms with E-state index in [2.05, 4.69) is 15.4 Å². The van der Waals surface area contributed by atoms with Crippen molar-refractivity contribution in [2.75, 3.05) is 13.1 Å². The van der Waals surface area contributed by atoms with Crippen molar-refractivity contribution in [1.29, 1.82) is 0 Å². The van der Waals surface area contributed by atoms with Gasteiger partial charge in [0.05, 0.1) is 17.3 Å². The molecule has 4 nitrogen and oxygen atoms in total. The molecule has 1 aliphatic rings. The summed E-state index contributed by atoms with van der Waals surface area (Å²) in [5.74, 6) is -0.297. The first kappa shape index (κ1) is 17.7. The number of halogens is 3. The van der Waals surface area contributed by atoms with E-state index in [1.165, 1.54) is 6.07 Å². The molecule has 1 aliphatic heterocycles. The molecular weight excluding hydrogens is 353 g/mol. The van der Waals surface area contributed by atoms with Crippen LogP contribution in [0.5, 0.6) is 0 Å². The van der Waals surface area contributed by atoms with E-state index < -0.39 is 11.7 Å². The Bertz CT molecular complexity index is 948. The largest absolute Gasteiger partial charge is 0.416 e. The highest BCUT2D eigenvalue weighted by Crippen LogP contribution is 2.40. The van der Waals surface area contributed by atoms with Crippen LogP contribution >= 0.6 is 0 Å². The minimum atomic E-state index is -4.37. The lowest BCUT2D eigenvalue weighted by Gasteiger charge is -2.23. The first-order valence-electron chi connectivity index (χ1n) is 8.78. The zero-order valence-corrected chi connectivity index (χ0v) is 14.7. The number of aromatic nitrogens is 3.